The maximum Gasteiger partial charge on any atom is 0.0821 e. The van der Waals surface area contributed by atoms with Gasteiger partial charge in [-0.1, -0.05) is 18.2 Å². The van der Waals surface area contributed by atoms with Gasteiger partial charge < -0.3 is 5.73 Å². The molecule has 1 aliphatic heterocycles. The molecule has 2 heteroatoms. The second kappa shape index (κ2) is 1.96. The first-order valence-electron chi connectivity index (χ1n) is 2.52. The number of hydrogen-bond acceptors (Lipinski definition) is 2. The van der Waals surface area contributed by atoms with Gasteiger partial charge in [-0.3, -0.25) is 0 Å². The highest BCUT2D eigenvalue weighted by Crippen LogP contribution is 2.24. The summed E-state index contributed by atoms with van der Waals surface area (Å²) in [4.78, 5) is -0.172. The van der Waals surface area contributed by atoms with Crippen LogP contribution in [0.25, 0.3) is 0 Å². The van der Waals surface area contributed by atoms with Crippen molar-refractivity contribution in [2.24, 2.45) is 5.73 Å². The second-order valence-corrected chi connectivity index (χ2v) is 3.38. The molecule has 0 saturated carbocycles. The Hall–Kier alpha value is -0.210. The van der Waals surface area contributed by atoms with Crippen molar-refractivity contribution in [2.75, 3.05) is 0 Å². The fourth-order valence-electron chi connectivity index (χ4n) is 0.517. The molecule has 1 unspecified atom stereocenters. The van der Waals surface area contributed by atoms with Crippen LogP contribution in [0.15, 0.2) is 23.6 Å². The van der Waals surface area contributed by atoms with Gasteiger partial charge in [-0.2, -0.15) is 0 Å². The van der Waals surface area contributed by atoms with Gasteiger partial charge in [0.25, 0.3) is 0 Å². The Bertz CT molecular complexity index is 135. The normalized spacial score (nSPS) is 35.8. The Morgan fingerprint density at radius 1 is 1.50 bits per heavy atom. The Balaban J connectivity index is 2.65. The zero-order valence-corrected chi connectivity index (χ0v) is 5.61. The number of thioether (sulfide) groups is 1. The molecule has 0 bridgehead atoms. The molecular weight excluding hydrogens is 118 g/mol. The first-order chi connectivity index (χ1) is 3.71. The van der Waals surface area contributed by atoms with Gasteiger partial charge in [0.2, 0.25) is 0 Å². The van der Waals surface area contributed by atoms with E-state index in [2.05, 4.69) is 0 Å². The molecule has 1 nitrogen and oxygen atoms in total. The maximum absolute atomic E-state index is 5.70. The van der Waals surface area contributed by atoms with Crippen LogP contribution in [0.3, 0.4) is 0 Å². The SMILES string of the molecule is CC1(N)C=CC=CS1. The number of nitrogens with two attached hydrogens (primary N) is 1. The Morgan fingerprint density at radius 2 is 2.25 bits per heavy atom. The Morgan fingerprint density at radius 3 is 2.50 bits per heavy atom. The minimum atomic E-state index is -0.172. The van der Waals surface area contributed by atoms with Crippen LogP contribution in [0.4, 0.5) is 0 Å². The van der Waals surface area contributed by atoms with Crippen LogP contribution in [-0.2, 0) is 0 Å². The lowest BCUT2D eigenvalue weighted by molar-refractivity contribution is 0.849. The van der Waals surface area contributed by atoms with Crippen LogP contribution in [0.1, 0.15) is 6.92 Å². The number of allylic oxidation sites excluding steroid dienone is 2. The molecule has 0 aromatic rings. The third kappa shape index (κ3) is 1.39. The van der Waals surface area contributed by atoms with Gasteiger partial charge in [0, 0.05) is 0 Å². The monoisotopic (exact) mass is 127 g/mol. The lowest BCUT2D eigenvalue weighted by Gasteiger charge is -2.18. The van der Waals surface area contributed by atoms with Crippen molar-refractivity contribution in [1.82, 2.24) is 0 Å². The minimum Gasteiger partial charge on any atom is -0.314 e. The van der Waals surface area contributed by atoms with Gasteiger partial charge in [0.15, 0.2) is 0 Å². The van der Waals surface area contributed by atoms with Gasteiger partial charge in [0.05, 0.1) is 4.87 Å². The van der Waals surface area contributed by atoms with Crippen molar-refractivity contribution in [1.29, 1.82) is 0 Å². The Kier molecular flexibility index (Phi) is 1.45. The average Bonchev–Trinajstić information content (AvgIpc) is 1.65. The van der Waals surface area contributed by atoms with Crippen molar-refractivity contribution in [3.05, 3.63) is 23.6 Å². The van der Waals surface area contributed by atoms with E-state index in [1.54, 1.807) is 11.8 Å². The van der Waals surface area contributed by atoms with Crippen LogP contribution >= 0.6 is 11.8 Å². The van der Waals surface area contributed by atoms with Crippen molar-refractivity contribution < 1.29 is 0 Å². The highest BCUT2D eigenvalue weighted by atomic mass is 32.2. The summed E-state index contributed by atoms with van der Waals surface area (Å²) in [6.45, 7) is 1.98. The van der Waals surface area contributed by atoms with Crippen molar-refractivity contribution >= 4 is 11.8 Å². The third-order valence-electron chi connectivity index (χ3n) is 0.939. The largest absolute Gasteiger partial charge is 0.314 e. The molecule has 1 rings (SSSR count). The van der Waals surface area contributed by atoms with E-state index in [-0.39, 0.29) is 4.87 Å². The number of hydrogen-bond donors (Lipinski definition) is 1. The molecule has 0 saturated heterocycles. The standard InChI is InChI=1S/C6H9NS/c1-6(7)4-2-3-5-8-6/h2-5H,7H2,1H3. The summed E-state index contributed by atoms with van der Waals surface area (Å²) >= 11 is 1.63. The molecule has 2 N–H and O–H groups in total. The van der Waals surface area contributed by atoms with E-state index < -0.39 is 0 Å². The maximum atomic E-state index is 5.70. The van der Waals surface area contributed by atoms with Crippen LogP contribution in [0, 0.1) is 0 Å². The minimum absolute atomic E-state index is 0.172. The molecule has 0 amide bonds. The third-order valence-corrected chi connectivity index (χ3v) is 1.88. The van der Waals surface area contributed by atoms with Crippen LogP contribution in [0.5, 0.6) is 0 Å². The van der Waals surface area contributed by atoms with Crippen LogP contribution < -0.4 is 5.73 Å². The van der Waals surface area contributed by atoms with Gasteiger partial charge in [0.1, 0.15) is 0 Å². The topological polar surface area (TPSA) is 26.0 Å². The fourth-order valence-corrected chi connectivity index (χ4v) is 1.14. The molecule has 1 heterocycles. The molecule has 0 fully saturated rings. The summed E-state index contributed by atoms with van der Waals surface area (Å²) in [5, 5.41) is 2.00. The Labute approximate surface area is 53.6 Å². The van der Waals surface area contributed by atoms with E-state index in [0.29, 0.717) is 0 Å². The zero-order chi connectivity index (χ0) is 6.04. The van der Waals surface area contributed by atoms with Crippen LogP contribution in [0.2, 0.25) is 0 Å². The first kappa shape index (κ1) is 5.92. The van der Waals surface area contributed by atoms with Crippen molar-refractivity contribution in [2.45, 2.75) is 11.8 Å². The predicted octanol–water partition coefficient (Wildman–Crippen LogP) is 1.48. The summed E-state index contributed by atoms with van der Waals surface area (Å²) in [5.74, 6) is 0. The lowest BCUT2D eigenvalue weighted by Crippen LogP contribution is -2.28. The zero-order valence-electron chi connectivity index (χ0n) is 4.79. The first-order valence-corrected chi connectivity index (χ1v) is 3.40. The molecule has 8 heavy (non-hydrogen) atoms. The van der Waals surface area contributed by atoms with E-state index in [9.17, 15) is 0 Å². The van der Waals surface area contributed by atoms with Gasteiger partial charge >= 0.3 is 0 Å². The smallest absolute Gasteiger partial charge is 0.0821 e. The van der Waals surface area contributed by atoms with Gasteiger partial charge in [-0.15, -0.1) is 11.8 Å². The molecular formula is C6H9NS. The highest BCUT2D eigenvalue weighted by Gasteiger charge is 2.13. The summed E-state index contributed by atoms with van der Waals surface area (Å²) in [5.41, 5.74) is 5.70. The van der Waals surface area contributed by atoms with E-state index in [1.165, 1.54) is 0 Å². The molecule has 44 valence electrons. The van der Waals surface area contributed by atoms with E-state index in [0.717, 1.165) is 0 Å². The molecule has 0 radical (unpaired) electrons. The fraction of sp³-hybridized carbons (Fsp3) is 0.333. The number of rotatable bonds is 0. The van der Waals surface area contributed by atoms with Crippen molar-refractivity contribution in [3.8, 4) is 0 Å². The summed E-state index contributed by atoms with van der Waals surface area (Å²) < 4.78 is 0. The molecule has 0 aromatic carbocycles. The molecule has 1 aliphatic rings. The lowest BCUT2D eigenvalue weighted by atomic mass is 10.3. The van der Waals surface area contributed by atoms with E-state index in [4.69, 9.17) is 5.73 Å². The van der Waals surface area contributed by atoms with Crippen LogP contribution in [-0.4, -0.2) is 4.87 Å². The van der Waals surface area contributed by atoms with E-state index in [1.807, 2.05) is 30.6 Å². The second-order valence-electron chi connectivity index (χ2n) is 1.99. The summed E-state index contributed by atoms with van der Waals surface area (Å²) in [6, 6.07) is 0. The quantitative estimate of drug-likeness (QED) is 0.533. The summed E-state index contributed by atoms with van der Waals surface area (Å²) in [6.07, 6.45) is 5.94. The average molecular weight is 127 g/mol. The summed E-state index contributed by atoms with van der Waals surface area (Å²) in [7, 11) is 0. The molecule has 0 aliphatic carbocycles. The molecule has 0 spiro atoms. The highest BCUT2D eigenvalue weighted by molar-refractivity contribution is 8.03. The molecule has 0 aromatic heterocycles. The molecule has 1 atom stereocenters. The van der Waals surface area contributed by atoms with E-state index >= 15 is 0 Å². The predicted molar refractivity (Wildman–Crippen MR) is 38.5 cm³/mol. The van der Waals surface area contributed by atoms with Gasteiger partial charge in [-0.05, 0) is 12.3 Å². The van der Waals surface area contributed by atoms with Gasteiger partial charge in [-0.25, -0.2) is 0 Å². The van der Waals surface area contributed by atoms with Crippen molar-refractivity contribution in [3.63, 3.8) is 0 Å².